The summed E-state index contributed by atoms with van der Waals surface area (Å²) >= 11 is 0. The molecule has 0 radical (unpaired) electrons. The monoisotopic (exact) mass is 554 g/mol. The van der Waals surface area contributed by atoms with Crippen molar-refractivity contribution in [3.05, 3.63) is 76.1 Å². The lowest BCUT2D eigenvalue weighted by atomic mass is 9.90. The highest BCUT2D eigenvalue weighted by molar-refractivity contribution is 7.91. The van der Waals surface area contributed by atoms with E-state index in [0.717, 1.165) is 33.4 Å². The largest absolute Gasteiger partial charge is 0.492 e. The van der Waals surface area contributed by atoms with Crippen LogP contribution in [0.4, 0.5) is 4.39 Å². The van der Waals surface area contributed by atoms with Gasteiger partial charge in [0.15, 0.2) is 9.84 Å². The van der Waals surface area contributed by atoms with Crippen molar-refractivity contribution in [1.29, 1.82) is 0 Å². The Morgan fingerprint density at radius 3 is 2.56 bits per heavy atom. The van der Waals surface area contributed by atoms with Crippen LogP contribution in [0, 0.1) is 19.7 Å². The summed E-state index contributed by atoms with van der Waals surface area (Å²) < 4.78 is 52.6. The van der Waals surface area contributed by atoms with Crippen LogP contribution >= 0.6 is 0 Å². The number of aliphatic hydroxyl groups is 1. The maximum atomic E-state index is 15.2. The molecule has 206 valence electrons. The molecule has 1 aliphatic carbocycles. The Kier molecular flexibility index (Phi) is 7.39. The number of benzene rings is 3. The van der Waals surface area contributed by atoms with E-state index in [1.54, 1.807) is 30.3 Å². The van der Waals surface area contributed by atoms with Crippen molar-refractivity contribution >= 4 is 15.8 Å². The Labute approximate surface area is 227 Å². The molecule has 7 nitrogen and oxygen atoms in total. The molecule has 2 N–H and O–H groups in total. The van der Waals surface area contributed by atoms with Gasteiger partial charge in [0.2, 0.25) is 0 Å². The van der Waals surface area contributed by atoms with E-state index in [2.05, 4.69) is 0 Å². The van der Waals surface area contributed by atoms with Crippen LogP contribution in [-0.2, 0) is 21.1 Å². The fraction of sp³-hybridized carbons (Fsp3) is 0.367. The Bertz CT molecular complexity index is 1520. The van der Waals surface area contributed by atoms with E-state index in [-0.39, 0.29) is 41.8 Å². The van der Waals surface area contributed by atoms with Gasteiger partial charge in [0.1, 0.15) is 23.4 Å². The minimum absolute atomic E-state index is 0.00834. The molecule has 0 aromatic heterocycles. The lowest BCUT2D eigenvalue weighted by Gasteiger charge is -2.19. The van der Waals surface area contributed by atoms with Crippen LogP contribution in [0.3, 0.4) is 0 Å². The zero-order valence-corrected chi connectivity index (χ0v) is 22.7. The fourth-order valence-electron chi connectivity index (χ4n) is 5.80. The zero-order chi connectivity index (χ0) is 27.9. The first-order chi connectivity index (χ1) is 18.6. The molecule has 9 heteroatoms. The fourth-order valence-corrected chi connectivity index (χ4v) is 7.26. The van der Waals surface area contributed by atoms with Crippen molar-refractivity contribution in [3.63, 3.8) is 0 Å². The smallest absolute Gasteiger partial charge is 0.304 e. The lowest BCUT2D eigenvalue weighted by molar-refractivity contribution is -0.137. The van der Waals surface area contributed by atoms with Gasteiger partial charge < -0.3 is 19.7 Å². The van der Waals surface area contributed by atoms with E-state index in [4.69, 9.17) is 19.7 Å². The van der Waals surface area contributed by atoms with Gasteiger partial charge in [-0.25, -0.2) is 12.8 Å². The molecule has 0 unspecified atom stereocenters. The molecular formula is C30H31FO7S. The van der Waals surface area contributed by atoms with Crippen molar-refractivity contribution in [3.8, 4) is 22.6 Å². The Morgan fingerprint density at radius 2 is 1.87 bits per heavy atom. The lowest BCUT2D eigenvalue weighted by Crippen LogP contribution is -2.09. The van der Waals surface area contributed by atoms with Crippen LogP contribution in [0.25, 0.3) is 11.1 Å². The Hall–Kier alpha value is -3.43. The number of halogens is 1. The van der Waals surface area contributed by atoms with Gasteiger partial charge in [0, 0.05) is 29.7 Å². The van der Waals surface area contributed by atoms with Crippen LogP contribution < -0.4 is 9.47 Å². The molecular weight excluding hydrogens is 523 g/mol. The molecule has 0 amide bonds. The summed E-state index contributed by atoms with van der Waals surface area (Å²) in [5.74, 6) is -0.451. The molecule has 2 aliphatic rings. The summed E-state index contributed by atoms with van der Waals surface area (Å²) in [4.78, 5) is 11.4. The number of rotatable bonds is 9. The summed E-state index contributed by atoms with van der Waals surface area (Å²) in [6, 6.07) is 11.8. The molecule has 1 heterocycles. The topological polar surface area (TPSA) is 110 Å². The van der Waals surface area contributed by atoms with Crippen molar-refractivity contribution in [2.24, 2.45) is 0 Å². The molecule has 0 spiro atoms. The number of carbonyl (C=O) groups is 1. The number of ether oxygens (including phenoxy) is 2. The number of hydrogen-bond acceptors (Lipinski definition) is 6. The second-order valence-electron chi connectivity index (χ2n) is 10.3. The highest BCUT2D eigenvalue weighted by Crippen LogP contribution is 2.45. The van der Waals surface area contributed by atoms with Crippen LogP contribution in [0.2, 0.25) is 0 Å². The molecule has 1 aliphatic heterocycles. The summed E-state index contributed by atoms with van der Waals surface area (Å²) in [6.07, 6.45) is 0.840. The van der Waals surface area contributed by atoms with E-state index in [1.807, 2.05) is 19.9 Å². The maximum Gasteiger partial charge on any atom is 0.304 e. The second-order valence-corrected chi connectivity index (χ2v) is 12.4. The Balaban J connectivity index is 1.45. The molecule has 39 heavy (non-hydrogen) atoms. The zero-order valence-electron chi connectivity index (χ0n) is 21.9. The van der Waals surface area contributed by atoms with Gasteiger partial charge in [-0.15, -0.1) is 0 Å². The molecule has 2 atom stereocenters. The Morgan fingerprint density at radius 1 is 1.13 bits per heavy atom. The number of aliphatic carboxylic acids is 1. The van der Waals surface area contributed by atoms with Gasteiger partial charge >= 0.3 is 5.97 Å². The summed E-state index contributed by atoms with van der Waals surface area (Å²) in [5, 5.41) is 18.2. The van der Waals surface area contributed by atoms with Gasteiger partial charge in [-0.2, -0.15) is 0 Å². The van der Waals surface area contributed by atoms with Crippen molar-refractivity contribution in [1.82, 2.24) is 0 Å². The van der Waals surface area contributed by atoms with Crippen molar-refractivity contribution in [2.45, 2.75) is 56.4 Å². The number of aryl methyl sites for hydroxylation is 2. The van der Waals surface area contributed by atoms with Crippen LogP contribution in [0.1, 0.15) is 59.1 Å². The highest BCUT2D eigenvalue weighted by atomic mass is 32.2. The average molecular weight is 555 g/mol. The van der Waals surface area contributed by atoms with Crippen LogP contribution in [0.15, 0.2) is 47.4 Å². The number of hydrogen-bond donors (Lipinski definition) is 2. The third kappa shape index (κ3) is 5.25. The van der Waals surface area contributed by atoms with Gasteiger partial charge in [0.05, 0.1) is 23.7 Å². The maximum absolute atomic E-state index is 15.2. The quantitative estimate of drug-likeness (QED) is 0.370. The predicted molar refractivity (Wildman–Crippen MR) is 144 cm³/mol. The standard InChI is InChI=1S/C30H31FO7S/c1-17-12-21(39(35,36)11-3-10-32)13-18(2)29(17)23-6-8-25(31)30-24(23)7-9-26(30)38-20-4-5-22-19(14-28(33)34)16-37-27(22)15-20/h4-6,8,12-13,15,19,26,32H,3,7,9-11,14,16H2,1-2H3,(H,33,34)/t19-,26-/m1/s1. The summed E-state index contributed by atoms with van der Waals surface area (Å²) in [6.45, 7) is 3.82. The summed E-state index contributed by atoms with van der Waals surface area (Å²) in [5.41, 5.74) is 5.48. The van der Waals surface area contributed by atoms with E-state index >= 15 is 4.39 Å². The first-order valence-electron chi connectivity index (χ1n) is 13.0. The molecule has 0 bridgehead atoms. The number of sulfone groups is 1. The van der Waals surface area contributed by atoms with Gasteiger partial charge in [0.25, 0.3) is 0 Å². The predicted octanol–water partition coefficient (Wildman–Crippen LogP) is 5.28. The van der Waals surface area contributed by atoms with Crippen molar-refractivity contribution in [2.75, 3.05) is 19.0 Å². The van der Waals surface area contributed by atoms with Gasteiger partial charge in [-0.1, -0.05) is 12.1 Å². The minimum Gasteiger partial charge on any atom is -0.492 e. The average Bonchev–Trinajstić information content (AvgIpc) is 3.48. The van der Waals surface area contributed by atoms with Crippen molar-refractivity contribution < 1.29 is 37.3 Å². The first kappa shape index (κ1) is 27.1. The van der Waals surface area contributed by atoms with E-state index in [0.29, 0.717) is 36.5 Å². The van der Waals surface area contributed by atoms with Crippen LogP contribution in [-0.4, -0.2) is 43.6 Å². The number of carboxylic acid groups (broad SMARTS) is 1. The highest BCUT2D eigenvalue weighted by Gasteiger charge is 2.32. The van der Waals surface area contributed by atoms with Crippen LogP contribution in [0.5, 0.6) is 11.5 Å². The third-order valence-corrected chi connectivity index (χ3v) is 9.33. The number of aliphatic hydroxyl groups excluding tert-OH is 1. The minimum atomic E-state index is -3.52. The molecule has 3 aromatic rings. The van der Waals surface area contributed by atoms with Gasteiger partial charge in [-0.05, 0) is 85.2 Å². The number of carboxylic acids is 1. The first-order valence-corrected chi connectivity index (χ1v) is 14.7. The SMILES string of the molecule is Cc1cc(S(=O)(=O)CCCO)cc(C)c1-c1ccc(F)c2c1CC[C@H]2Oc1ccc2c(c1)OC[C@H]2CC(=O)O. The molecule has 0 saturated carbocycles. The molecule has 5 rings (SSSR count). The van der Waals surface area contributed by atoms with E-state index in [9.17, 15) is 13.2 Å². The third-order valence-electron chi connectivity index (χ3n) is 7.55. The summed E-state index contributed by atoms with van der Waals surface area (Å²) in [7, 11) is -3.52. The molecule has 0 saturated heterocycles. The van der Waals surface area contributed by atoms with Gasteiger partial charge in [-0.3, -0.25) is 4.79 Å². The van der Waals surface area contributed by atoms with E-state index < -0.39 is 21.9 Å². The second kappa shape index (κ2) is 10.6. The number of fused-ring (bicyclic) bond motifs is 2. The molecule has 3 aromatic carbocycles. The van der Waals surface area contributed by atoms with E-state index in [1.165, 1.54) is 6.07 Å². The molecule has 0 fully saturated rings. The normalized spacial score (nSPS) is 17.9.